The second kappa shape index (κ2) is 5.27. The number of rotatable bonds is 3. The number of carbonyl (C=O) groups excluding carboxylic acids is 2. The van der Waals surface area contributed by atoms with Gasteiger partial charge >= 0.3 is 6.03 Å². The van der Waals surface area contributed by atoms with Crippen molar-refractivity contribution in [1.82, 2.24) is 4.90 Å². The zero-order chi connectivity index (χ0) is 13.1. The van der Waals surface area contributed by atoms with Crippen LogP contribution >= 0.6 is 11.6 Å². The lowest BCUT2D eigenvalue weighted by atomic mass is 10.2. The number of halogens is 1. The van der Waals surface area contributed by atoms with E-state index in [0.29, 0.717) is 18.8 Å². The maximum atomic E-state index is 11.8. The van der Waals surface area contributed by atoms with Crippen LogP contribution in [0.5, 0.6) is 0 Å². The number of anilines is 2. The van der Waals surface area contributed by atoms with Gasteiger partial charge in [0.2, 0.25) is 5.91 Å². The number of carbonyl (C=O) groups is 2. The number of likely N-dealkylation sites (N-methyl/N-ethyl adjacent to an activating group) is 1. The highest BCUT2D eigenvalue weighted by Crippen LogP contribution is 2.22. The number of alkyl halides is 1. The summed E-state index contributed by atoms with van der Waals surface area (Å²) in [7, 11) is 1.77. The molecule has 0 aromatic heterocycles. The topological polar surface area (TPSA) is 52.6 Å². The molecule has 1 fully saturated rings. The monoisotopic (exact) mass is 267 g/mol. The van der Waals surface area contributed by atoms with Gasteiger partial charge in [0.05, 0.1) is 0 Å². The number of nitrogens with one attached hydrogen (secondary N) is 1. The van der Waals surface area contributed by atoms with Crippen molar-refractivity contribution >= 4 is 34.9 Å². The number of hydrogen-bond donors (Lipinski definition) is 1. The quantitative estimate of drug-likeness (QED) is 0.848. The molecule has 0 radical (unpaired) electrons. The van der Waals surface area contributed by atoms with Crippen molar-refractivity contribution in [3.05, 3.63) is 24.3 Å². The van der Waals surface area contributed by atoms with Crippen LogP contribution in [0.1, 0.15) is 0 Å². The van der Waals surface area contributed by atoms with E-state index in [2.05, 4.69) is 5.32 Å². The Balaban J connectivity index is 2.17. The first kappa shape index (κ1) is 12.7. The average molecular weight is 268 g/mol. The summed E-state index contributed by atoms with van der Waals surface area (Å²) in [6, 6.07) is 7.13. The number of amides is 3. The Kier molecular flexibility index (Phi) is 3.72. The van der Waals surface area contributed by atoms with E-state index in [-0.39, 0.29) is 17.8 Å². The van der Waals surface area contributed by atoms with Gasteiger partial charge in [-0.2, -0.15) is 0 Å². The lowest BCUT2D eigenvalue weighted by molar-refractivity contribution is -0.113. The standard InChI is InChI=1S/C12H14ClN3O2/c1-15-5-6-16(12(15)18)10-4-2-3-9(7-10)14-11(17)8-13/h2-4,7H,5-6,8H2,1H3,(H,14,17). The van der Waals surface area contributed by atoms with E-state index < -0.39 is 0 Å². The minimum absolute atomic E-state index is 0.0316. The Hall–Kier alpha value is -1.75. The van der Waals surface area contributed by atoms with Gasteiger partial charge in [0.25, 0.3) is 0 Å². The van der Waals surface area contributed by atoms with Gasteiger partial charge in [-0.1, -0.05) is 6.07 Å². The summed E-state index contributed by atoms with van der Waals surface area (Å²) < 4.78 is 0. The maximum absolute atomic E-state index is 11.8. The first-order chi connectivity index (χ1) is 8.61. The fraction of sp³-hybridized carbons (Fsp3) is 0.333. The number of benzene rings is 1. The zero-order valence-electron chi connectivity index (χ0n) is 10.0. The smallest absolute Gasteiger partial charge is 0.324 e. The predicted octanol–water partition coefficient (Wildman–Crippen LogP) is 1.74. The SMILES string of the molecule is CN1CCN(c2cccc(NC(=O)CCl)c2)C1=O. The minimum Gasteiger partial charge on any atom is -0.326 e. The molecule has 1 N–H and O–H groups in total. The molecule has 1 aliphatic rings. The first-order valence-electron chi connectivity index (χ1n) is 5.60. The third-order valence-electron chi connectivity index (χ3n) is 2.78. The van der Waals surface area contributed by atoms with Gasteiger partial charge in [-0.25, -0.2) is 4.79 Å². The molecule has 2 rings (SSSR count). The van der Waals surface area contributed by atoms with Gasteiger partial charge in [-0.15, -0.1) is 11.6 Å². The first-order valence-corrected chi connectivity index (χ1v) is 6.14. The van der Waals surface area contributed by atoms with Crippen molar-refractivity contribution in [2.24, 2.45) is 0 Å². The molecule has 5 nitrogen and oxygen atoms in total. The molecular formula is C12H14ClN3O2. The van der Waals surface area contributed by atoms with Crippen LogP contribution < -0.4 is 10.2 Å². The molecule has 0 atom stereocenters. The molecule has 1 heterocycles. The van der Waals surface area contributed by atoms with Crippen LogP contribution in [-0.2, 0) is 4.79 Å². The van der Waals surface area contributed by atoms with Crippen LogP contribution in [0.25, 0.3) is 0 Å². The molecular weight excluding hydrogens is 254 g/mol. The van der Waals surface area contributed by atoms with Crippen LogP contribution in [0.15, 0.2) is 24.3 Å². The van der Waals surface area contributed by atoms with Crippen LogP contribution in [0, 0.1) is 0 Å². The summed E-state index contributed by atoms with van der Waals surface area (Å²) in [5.41, 5.74) is 1.41. The van der Waals surface area contributed by atoms with Crippen molar-refractivity contribution in [3.8, 4) is 0 Å². The third kappa shape index (κ3) is 2.56. The number of hydrogen-bond acceptors (Lipinski definition) is 2. The molecule has 0 saturated carbocycles. The summed E-state index contributed by atoms with van der Waals surface area (Å²) in [5.74, 6) is -0.353. The summed E-state index contributed by atoms with van der Waals surface area (Å²) in [5, 5.41) is 2.66. The number of nitrogens with zero attached hydrogens (tertiary/aromatic N) is 2. The Morgan fingerprint density at radius 1 is 1.44 bits per heavy atom. The van der Waals surface area contributed by atoms with Gasteiger partial charge in [0, 0.05) is 31.5 Å². The molecule has 6 heteroatoms. The largest absolute Gasteiger partial charge is 0.326 e. The van der Waals surface area contributed by atoms with Crippen LogP contribution in [-0.4, -0.2) is 42.9 Å². The Morgan fingerprint density at radius 3 is 2.83 bits per heavy atom. The molecule has 1 aromatic rings. The highest BCUT2D eigenvalue weighted by Gasteiger charge is 2.26. The molecule has 0 aliphatic carbocycles. The van der Waals surface area contributed by atoms with E-state index >= 15 is 0 Å². The minimum atomic E-state index is -0.265. The molecule has 0 unspecified atom stereocenters. The molecule has 1 aromatic carbocycles. The van der Waals surface area contributed by atoms with E-state index in [9.17, 15) is 9.59 Å². The molecule has 18 heavy (non-hydrogen) atoms. The van der Waals surface area contributed by atoms with E-state index in [4.69, 9.17) is 11.6 Å². The Labute approximate surface area is 110 Å². The van der Waals surface area contributed by atoms with Gasteiger partial charge in [-0.3, -0.25) is 9.69 Å². The summed E-state index contributed by atoms with van der Waals surface area (Å²) in [4.78, 5) is 26.4. The van der Waals surface area contributed by atoms with Crippen molar-refractivity contribution in [2.45, 2.75) is 0 Å². The second-order valence-corrected chi connectivity index (χ2v) is 4.36. The van der Waals surface area contributed by atoms with Gasteiger partial charge in [-0.05, 0) is 18.2 Å². The maximum Gasteiger partial charge on any atom is 0.324 e. The average Bonchev–Trinajstić information content (AvgIpc) is 2.70. The fourth-order valence-electron chi connectivity index (χ4n) is 1.83. The highest BCUT2D eigenvalue weighted by molar-refractivity contribution is 6.29. The highest BCUT2D eigenvalue weighted by atomic mass is 35.5. The molecule has 3 amide bonds. The van der Waals surface area contributed by atoms with E-state index in [1.165, 1.54) is 0 Å². The van der Waals surface area contributed by atoms with Crippen molar-refractivity contribution < 1.29 is 9.59 Å². The second-order valence-electron chi connectivity index (χ2n) is 4.09. The molecule has 0 bridgehead atoms. The normalized spacial score (nSPS) is 15.1. The summed E-state index contributed by atoms with van der Waals surface area (Å²) in [6.07, 6.45) is 0. The fourth-order valence-corrected chi connectivity index (χ4v) is 1.90. The Morgan fingerprint density at radius 2 is 2.22 bits per heavy atom. The van der Waals surface area contributed by atoms with E-state index in [1.807, 2.05) is 6.07 Å². The van der Waals surface area contributed by atoms with E-state index in [0.717, 1.165) is 5.69 Å². The molecule has 0 spiro atoms. The summed E-state index contributed by atoms with van der Waals surface area (Å²) in [6.45, 7) is 1.36. The van der Waals surface area contributed by atoms with Gasteiger partial charge in [0.1, 0.15) is 5.88 Å². The van der Waals surface area contributed by atoms with Crippen molar-refractivity contribution in [1.29, 1.82) is 0 Å². The van der Waals surface area contributed by atoms with Crippen molar-refractivity contribution in [3.63, 3.8) is 0 Å². The van der Waals surface area contributed by atoms with Crippen molar-refractivity contribution in [2.75, 3.05) is 36.2 Å². The molecule has 1 saturated heterocycles. The molecule has 1 aliphatic heterocycles. The molecule has 96 valence electrons. The lowest BCUT2D eigenvalue weighted by Gasteiger charge is -2.17. The summed E-state index contributed by atoms with van der Waals surface area (Å²) >= 11 is 5.43. The van der Waals surface area contributed by atoms with Crippen LogP contribution in [0.4, 0.5) is 16.2 Å². The Bertz CT molecular complexity index is 478. The predicted molar refractivity (Wildman–Crippen MR) is 71.2 cm³/mol. The number of urea groups is 1. The van der Waals surface area contributed by atoms with Crippen LogP contribution in [0.3, 0.4) is 0 Å². The lowest BCUT2D eigenvalue weighted by Crippen LogP contribution is -2.29. The van der Waals surface area contributed by atoms with E-state index in [1.54, 1.807) is 35.0 Å². The van der Waals surface area contributed by atoms with Gasteiger partial charge in [0.15, 0.2) is 0 Å². The van der Waals surface area contributed by atoms with Gasteiger partial charge < -0.3 is 10.2 Å². The third-order valence-corrected chi connectivity index (χ3v) is 3.02. The zero-order valence-corrected chi connectivity index (χ0v) is 10.8. The van der Waals surface area contributed by atoms with Crippen LogP contribution in [0.2, 0.25) is 0 Å².